The molecule has 0 aromatic heterocycles. The zero-order valence-electron chi connectivity index (χ0n) is 15.7. The number of allylic oxidation sites excluding steroid dienone is 1. The van der Waals surface area contributed by atoms with Crippen LogP contribution >= 0.6 is 0 Å². The molecule has 2 aromatic rings. The van der Waals surface area contributed by atoms with Crippen LogP contribution in [0.4, 0.5) is 4.39 Å². The van der Waals surface area contributed by atoms with Gasteiger partial charge in [-0.25, -0.2) is 9.18 Å². The topological polar surface area (TPSA) is 55.8 Å². The number of benzene rings is 2. The van der Waals surface area contributed by atoms with E-state index in [-0.39, 0.29) is 17.1 Å². The molecule has 0 atom stereocenters. The van der Waals surface area contributed by atoms with Crippen LogP contribution in [0.15, 0.2) is 42.5 Å². The van der Waals surface area contributed by atoms with Crippen molar-refractivity contribution < 1.29 is 23.8 Å². The highest BCUT2D eigenvalue weighted by molar-refractivity contribution is 5.98. The predicted octanol–water partition coefficient (Wildman–Crippen LogP) is 5.01. The van der Waals surface area contributed by atoms with Gasteiger partial charge in [-0.15, -0.1) is 6.58 Å². The van der Waals surface area contributed by atoms with Gasteiger partial charge in [-0.3, -0.25) is 0 Å². The first-order valence-electron chi connectivity index (χ1n) is 8.47. The summed E-state index contributed by atoms with van der Waals surface area (Å²) in [4.78, 5) is 12.3. The van der Waals surface area contributed by atoms with Crippen molar-refractivity contribution in [1.82, 2.24) is 0 Å². The summed E-state index contributed by atoms with van der Waals surface area (Å²) < 4.78 is 24.1. The largest absolute Gasteiger partial charge is 0.507 e. The normalized spacial score (nSPS) is 10.8. The van der Waals surface area contributed by atoms with E-state index in [4.69, 9.17) is 9.47 Å². The van der Waals surface area contributed by atoms with Gasteiger partial charge in [0.15, 0.2) is 0 Å². The Morgan fingerprint density at radius 1 is 1.22 bits per heavy atom. The smallest absolute Gasteiger partial charge is 0.342 e. The summed E-state index contributed by atoms with van der Waals surface area (Å²) in [5.74, 6) is -0.826. The Bertz CT molecular complexity index is 884. The van der Waals surface area contributed by atoms with Crippen LogP contribution in [-0.4, -0.2) is 25.3 Å². The summed E-state index contributed by atoms with van der Waals surface area (Å²) in [5, 5.41) is 10.7. The van der Waals surface area contributed by atoms with Crippen molar-refractivity contribution in [1.29, 1.82) is 0 Å². The Balaban J connectivity index is 2.58. The SMILES string of the molecule is C=C(C)CCc1c(OC)cc(/C=C/c2ccccc2F)c(C(=O)OC)c1O. The van der Waals surface area contributed by atoms with Crippen LogP contribution in [0.5, 0.6) is 11.5 Å². The molecule has 1 N–H and O–H groups in total. The molecule has 0 aliphatic heterocycles. The van der Waals surface area contributed by atoms with Crippen LogP contribution in [0.2, 0.25) is 0 Å². The molecule has 0 unspecified atom stereocenters. The van der Waals surface area contributed by atoms with Gasteiger partial charge in [0.25, 0.3) is 0 Å². The Labute approximate surface area is 158 Å². The number of esters is 1. The third-order valence-electron chi connectivity index (χ3n) is 4.15. The molecule has 0 saturated carbocycles. The molecule has 0 aliphatic carbocycles. The predicted molar refractivity (Wildman–Crippen MR) is 104 cm³/mol. The Morgan fingerprint density at radius 3 is 2.48 bits per heavy atom. The van der Waals surface area contributed by atoms with Crippen molar-refractivity contribution >= 4 is 18.1 Å². The maximum Gasteiger partial charge on any atom is 0.342 e. The van der Waals surface area contributed by atoms with E-state index in [0.29, 0.717) is 35.3 Å². The van der Waals surface area contributed by atoms with Crippen LogP contribution in [0.25, 0.3) is 12.2 Å². The van der Waals surface area contributed by atoms with Crippen molar-refractivity contribution in [2.75, 3.05) is 14.2 Å². The summed E-state index contributed by atoms with van der Waals surface area (Å²) in [5.41, 5.74) is 2.20. The highest BCUT2D eigenvalue weighted by Crippen LogP contribution is 2.37. The maximum atomic E-state index is 13.9. The quantitative estimate of drug-likeness (QED) is 0.423. The number of carbonyl (C=O) groups excluding carboxylic acids is 1. The van der Waals surface area contributed by atoms with E-state index in [2.05, 4.69) is 6.58 Å². The van der Waals surface area contributed by atoms with E-state index in [0.717, 1.165) is 5.57 Å². The van der Waals surface area contributed by atoms with Crippen LogP contribution in [0.1, 0.15) is 40.4 Å². The molecule has 0 fully saturated rings. The Hall–Kier alpha value is -3.08. The van der Waals surface area contributed by atoms with Gasteiger partial charge in [0.1, 0.15) is 22.9 Å². The van der Waals surface area contributed by atoms with Crippen LogP contribution in [-0.2, 0) is 11.2 Å². The van der Waals surface area contributed by atoms with Gasteiger partial charge >= 0.3 is 5.97 Å². The average molecular weight is 370 g/mol. The molecule has 142 valence electrons. The van der Waals surface area contributed by atoms with Crippen LogP contribution < -0.4 is 4.74 Å². The van der Waals surface area contributed by atoms with Gasteiger partial charge in [0.05, 0.1) is 14.2 Å². The van der Waals surface area contributed by atoms with Gasteiger partial charge in [0, 0.05) is 11.1 Å². The van der Waals surface area contributed by atoms with Crippen LogP contribution in [0.3, 0.4) is 0 Å². The molecule has 0 saturated heterocycles. The average Bonchev–Trinajstić information content (AvgIpc) is 2.65. The molecule has 0 amide bonds. The summed E-state index contributed by atoms with van der Waals surface area (Å²) in [7, 11) is 2.73. The molecule has 2 rings (SSSR count). The number of rotatable bonds is 7. The Kier molecular flexibility index (Phi) is 6.77. The number of hydrogen-bond donors (Lipinski definition) is 1. The van der Waals surface area contributed by atoms with E-state index in [1.807, 2.05) is 6.92 Å². The second kappa shape index (κ2) is 9.03. The minimum atomic E-state index is -0.681. The number of phenolic OH excluding ortho intramolecular Hbond substituents is 1. The molecular weight excluding hydrogens is 347 g/mol. The Morgan fingerprint density at radius 2 is 1.89 bits per heavy atom. The molecule has 5 heteroatoms. The van der Waals surface area contributed by atoms with Gasteiger partial charge in [0.2, 0.25) is 0 Å². The van der Waals surface area contributed by atoms with E-state index in [1.165, 1.54) is 26.4 Å². The molecule has 0 aliphatic rings. The lowest BCUT2D eigenvalue weighted by atomic mass is 9.96. The number of ether oxygens (including phenoxy) is 2. The van der Waals surface area contributed by atoms with Crippen molar-refractivity contribution in [3.05, 3.63) is 70.6 Å². The first-order chi connectivity index (χ1) is 12.9. The number of halogens is 1. The summed E-state index contributed by atoms with van der Waals surface area (Å²) in [6.07, 6.45) is 4.18. The van der Waals surface area contributed by atoms with Crippen molar-refractivity contribution in [3.8, 4) is 11.5 Å². The monoisotopic (exact) mass is 370 g/mol. The van der Waals surface area contributed by atoms with Crippen molar-refractivity contribution in [2.45, 2.75) is 19.8 Å². The fourth-order valence-electron chi connectivity index (χ4n) is 2.70. The second-order valence-electron chi connectivity index (χ2n) is 6.17. The molecule has 0 radical (unpaired) electrons. The van der Waals surface area contributed by atoms with E-state index >= 15 is 0 Å². The minimum absolute atomic E-state index is 0.0163. The molecule has 0 heterocycles. The lowest BCUT2D eigenvalue weighted by Crippen LogP contribution is -2.07. The molecular formula is C22H23FO4. The summed E-state index contributed by atoms with van der Waals surface area (Å²) >= 11 is 0. The van der Waals surface area contributed by atoms with E-state index in [9.17, 15) is 14.3 Å². The minimum Gasteiger partial charge on any atom is -0.507 e. The first kappa shape index (κ1) is 20.2. The van der Waals surface area contributed by atoms with Gasteiger partial charge in [-0.05, 0) is 37.5 Å². The number of methoxy groups -OCH3 is 2. The standard InChI is InChI=1S/C22H23FO4/c1-14(2)9-12-17-19(26-3)13-16(20(21(17)24)22(25)27-4)11-10-15-7-5-6-8-18(15)23/h5-8,10-11,13,24H,1,9,12H2,2-4H3/b11-10+. The molecule has 27 heavy (non-hydrogen) atoms. The molecule has 2 aromatic carbocycles. The molecule has 0 spiro atoms. The van der Waals surface area contributed by atoms with E-state index < -0.39 is 5.97 Å². The van der Waals surface area contributed by atoms with Gasteiger partial charge < -0.3 is 14.6 Å². The fraction of sp³-hybridized carbons (Fsp3) is 0.227. The molecule has 0 bridgehead atoms. The third-order valence-corrected chi connectivity index (χ3v) is 4.15. The van der Waals surface area contributed by atoms with Crippen molar-refractivity contribution in [2.24, 2.45) is 0 Å². The maximum absolute atomic E-state index is 13.9. The van der Waals surface area contributed by atoms with Crippen LogP contribution in [0, 0.1) is 5.82 Å². The highest BCUT2D eigenvalue weighted by Gasteiger charge is 2.23. The number of hydrogen-bond acceptors (Lipinski definition) is 4. The van der Waals surface area contributed by atoms with Crippen molar-refractivity contribution in [3.63, 3.8) is 0 Å². The summed E-state index contributed by atoms with van der Waals surface area (Å²) in [6.45, 7) is 5.74. The van der Waals surface area contributed by atoms with E-state index in [1.54, 1.807) is 30.3 Å². The lowest BCUT2D eigenvalue weighted by Gasteiger charge is -2.16. The third kappa shape index (κ3) is 4.76. The zero-order chi connectivity index (χ0) is 20.0. The first-order valence-corrected chi connectivity index (χ1v) is 8.47. The van der Waals surface area contributed by atoms with Gasteiger partial charge in [-0.1, -0.05) is 35.9 Å². The number of aromatic hydroxyl groups is 1. The second-order valence-corrected chi connectivity index (χ2v) is 6.17. The summed E-state index contributed by atoms with van der Waals surface area (Å²) in [6, 6.07) is 7.90. The van der Waals surface area contributed by atoms with Gasteiger partial charge in [-0.2, -0.15) is 0 Å². The number of phenols is 1. The molecule has 4 nitrogen and oxygen atoms in total. The zero-order valence-corrected chi connectivity index (χ0v) is 15.7. The fourth-order valence-corrected chi connectivity index (χ4v) is 2.70. The highest BCUT2D eigenvalue weighted by atomic mass is 19.1. The number of carbonyl (C=O) groups is 1. The lowest BCUT2D eigenvalue weighted by molar-refractivity contribution is 0.0597.